The summed E-state index contributed by atoms with van der Waals surface area (Å²) in [4.78, 5) is 35.5. The van der Waals surface area contributed by atoms with Crippen LogP contribution in [0.25, 0.3) is 0 Å². The molecule has 0 bridgehead atoms. The van der Waals surface area contributed by atoms with E-state index in [1.807, 2.05) is 0 Å². The van der Waals surface area contributed by atoms with Gasteiger partial charge in [0.05, 0.1) is 6.61 Å². The summed E-state index contributed by atoms with van der Waals surface area (Å²) in [5.41, 5.74) is 0. The fourth-order valence-corrected chi connectivity index (χ4v) is 6.96. The lowest BCUT2D eigenvalue weighted by Gasteiger charge is -2.41. The van der Waals surface area contributed by atoms with E-state index >= 15 is 0 Å². The Morgan fingerprint density at radius 3 is 1.54 bits per heavy atom. The van der Waals surface area contributed by atoms with Crippen molar-refractivity contribution < 1.29 is 63.1 Å². The Hall–Kier alpha value is -2.19. The minimum Gasteiger partial charge on any atom is -0.462 e. The molecule has 14 heteroatoms. The third-order valence-electron chi connectivity index (χ3n) is 9.40. The lowest BCUT2D eigenvalue weighted by Crippen LogP contribution is -2.64. The molecule has 1 aliphatic carbocycles. The van der Waals surface area contributed by atoms with E-state index in [0.717, 1.165) is 64.2 Å². The first-order valence-electron chi connectivity index (χ1n) is 20.9. The van der Waals surface area contributed by atoms with Crippen LogP contribution in [0.15, 0.2) is 48.6 Å². The van der Waals surface area contributed by atoms with Crippen LogP contribution in [0, 0.1) is 0 Å². The number of aliphatic hydroxyl groups is 5. The van der Waals surface area contributed by atoms with E-state index < -0.39 is 75.7 Å². The third-order valence-corrected chi connectivity index (χ3v) is 10.4. The number of rotatable bonds is 33. The molecule has 1 fully saturated rings. The fraction of sp³-hybridized carbons (Fsp3) is 0.762. The average Bonchev–Trinajstić information content (AvgIpc) is 3.18. The van der Waals surface area contributed by atoms with Gasteiger partial charge in [-0.15, -0.1) is 0 Å². The zero-order chi connectivity index (χ0) is 41.4. The molecule has 1 aliphatic rings. The molecule has 0 aliphatic heterocycles. The van der Waals surface area contributed by atoms with Gasteiger partial charge in [-0.05, 0) is 51.4 Å². The van der Waals surface area contributed by atoms with E-state index in [9.17, 15) is 44.6 Å². The molecule has 13 nitrogen and oxygen atoms in total. The Bertz CT molecular complexity index is 1170. The van der Waals surface area contributed by atoms with E-state index in [1.165, 1.54) is 44.9 Å². The molecular weight excluding hydrogens is 743 g/mol. The molecule has 0 aromatic carbocycles. The van der Waals surface area contributed by atoms with Gasteiger partial charge in [-0.25, -0.2) is 4.57 Å². The molecule has 6 N–H and O–H groups in total. The molecule has 1 rings (SSSR count). The summed E-state index contributed by atoms with van der Waals surface area (Å²) in [5, 5.41) is 50.0. The van der Waals surface area contributed by atoms with Crippen molar-refractivity contribution in [1.82, 2.24) is 0 Å². The van der Waals surface area contributed by atoms with Gasteiger partial charge in [0, 0.05) is 12.8 Å². The maximum Gasteiger partial charge on any atom is 0.472 e. The molecule has 8 atom stereocenters. The topological polar surface area (TPSA) is 210 Å². The van der Waals surface area contributed by atoms with E-state index in [0.29, 0.717) is 12.8 Å². The van der Waals surface area contributed by atoms with Crippen LogP contribution in [-0.4, -0.2) is 98.3 Å². The normalized spacial score (nSPS) is 23.4. The first kappa shape index (κ1) is 51.8. The average molecular weight is 817 g/mol. The quantitative estimate of drug-likeness (QED) is 0.0168. The van der Waals surface area contributed by atoms with Crippen LogP contribution < -0.4 is 0 Å². The van der Waals surface area contributed by atoms with Gasteiger partial charge in [-0.1, -0.05) is 133 Å². The van der Waals surface area contributed by atoms with Gasteiger partial charge >= 0.3 is 19.8 Å². The number of ether oxygens (including phenoxy) is 2. The monoisotopic (exact) mass is 816 g/mol. The smallest absolute Gasteiger partial charge is 0.462 e. The zero-order valence-electron chi connectivity index (χ0n) is 33.9. The number of unbranched alkanes of at least 4 members (excludes halogenated alkanes) is 13. The number of esters is 2. The van der Waals surface area contributed by atoms with Crippen molar-refractivity contribution in [2.75, 3.05) is 13.2 Å². The molecular formula is C42H73O13P. The first-order chi connectivity index (χ1) is 26.9. The number of phosphoric ester groups is 1. The second kappa shape index (κ2) is 32.7. The summed E-state index contributed by atoms with van der Waals surface area (Å²) in [7, 11) is -5.12. The van der Waals surface area contributed by atoms with Gasteiger partial charge in [0.25, 0.3) is 0 Å². The molecule has 0 aromatic heterocycles. The van der Waals surface area contributed by atoms with Gasteiger partial charge in [-0.3, -0.25) is 18.6 Å². The van der Waals surface area contributed by atoms with Gasteiger partial charge in [-0.2, -0.15) is 0 Å². The third kappa shape index (κ3) is 25.2. The summed E-state index contributed by atoms with van der Waals surface area (Å²) >= 11 is 0. The van der Waals surface area contributed by atoms with Gasteiger partial charge in [0.1, 0.15) is 43.2 Å². The maximum absolute atomic E-state index is 12.8. The number of phosphoric acid groups is 1. The highest BCUT2D eigenvalue weighted by atomic mass is 31.2. The van der Waals surface area contributed by atoms with Crippen LogP contribution in [0.4, 0.5) is 0 Å². The lowest BCUT2D eigenvalue weighted by molar-refractivity contribution is -0.220. The Balaban J connectivity index is 2.53. The molecule has 0 spiro atoms. The van der Waals surface area contributed by atoms with Crippen molar-refractivity contribution in [2.45, 2.75) is 191 Å². The van der Waals surface area contributed by atoms with Crippen LogP contribution in [0.2, 0.25) is 0 Å². The zero-order valence-corrected chi connectivity index (χ0v) is 34.8. The van der Waals surface area contributed by atoms with Crippen LogP contribution in [0.3, 0.4) is 0 Å². The molecule has 0 amide bonds. The van der Waals surface area contributed by atoms with Gasteiger partial charge < -0.3 is 39.9 Å². The molecule has 6 unspecified atom stereocenters. The van der Waals surface area contributed by atoms with Crippen molar-refractivity contribution in [2.24, 2.45) is 0 Å². The van der Waals surface area contributed by atoms with Crippen LogP contribution in [-0.2, 0) is 32.7 Å². The number of carbonyl (C=O) groups is 2. The number of aliphatic hydroxyl groups excluding tert-OH is 5. The van der Waals surface area contributed by atoms with Gasteiger partial charge in [0.15, 0.2) is 6.10 Å². The summed E-state index contributed by atoms with van der Waals surface area (Å²) in [5.74, 6) is -1.14. The molecule has 0 aromatic rings. The molecule has 324 valence electrons. The summed E-state index contributed by atoms with van der Waals surface area (Å²) in [6.45, 7) is 3.16. The highest BCUT2D eigenvalue weighted by Gasteiger charge is 2.51. The molecule has 0 radical (unpaired) electrons. The van der Waals surface area contributed by atoms with Crippen LogP contribution >= 0.6 is 7.82 Å². The van der Waals surface area contributed by atoms with E-state index in [4.69, 9.17) is 18.5 Å². The predicted molar refractivity (Wildman–Crippen MR) is 216 cm³/mol. The molecule has 0 heterocycles. The summed E-state index contributed by atoms with van der Waals surface area (Å²) in [6.07, 6.45) is 23.2. The molecule has 0 saturated heterocycles. The maximum atomic E-state index is 12.8. The first-order valence-corrected chi connectivity index (χ1v) is 22.4. The summed E-state index contributed by atoms with van der Waals surface area (Å²) in [6, 6.07) is 0. The number of allylic oxidation sites excluding steroid dienone is 8. The second-order valence-electron chi connectivity index (χ2n) is 14.5. The van der Waals surface area contributed by atoms with Crippen molar-refractivity contribution in [3.8, 4) is 0 Å². The predicted octanol–water partition coefficient (Wildman–Crippen LogP) is 7.22. The largest absolute Gasteiger partial charge is 0.472 e. The minimum atomic E-state index is -5.12. The van der Waals surface area contributed by atoms with Crippen molar-refractivity contribution in [3.05, 3.63) is 48.6 Å². The van der Waals surface area contributed by atoms with Crippen molar-refractivity contribution >= 4 is 19.8 Å². The highest BCUT2D eigenvalue weighted by Crippen LogP contribution is 2.47. The fourth-order valence-electron chi connectivity index (χ4n) is 5.98. The van der Waals surface area contributed by atoms with Crippen molar-refractivity contribution in [1.29, 1.82) is 0 Å². The SMILES string of the molecule is CCC/C=C/C/C=C/C/C=C/C/C=C/CCCCCC(=O)O[C@H](COC(=O)CCCCCCCCCCCC)COP(=O)(O)OC1C(O)C(O)C(O)[C@H](O)C1O. The Morgan fingerprint density at radius 2 is 1.00 bits per heavy atom. The van der Waals surface area contributed by atoms with Crippen LogP contribution in [0.1, 0.15) is 149 Å². The summed E-state index contributed by atoms with van der Waals surface area (Å²) < 4.78 is 33.3. The minimum absolute atomic E-state index is 0.0588. The number of hydrogen-bond acceptors (Lipinski definition) is 12. The number of hydrogen-bond donors (Lipinski definition) is 6. The van der Waals surface area contributed by atoms with Crippen molar-refractivity contribution in [3.63, 3.8) is 0 Å². The number of carbonyl (C=O) groups excluding carboxylic acids is 2. The second-order valence-corrected chi connectivity index (χ2v) is 15.9. The standard InChI is InChI=1S/C42H73O13P/c1-3-5-7-9-11-13-15-16-17-18-19-20-21-23-25-27-29-31-36(44)54-34(32-52-35(43)30-28-26-24-22-14-12-10-8-6-4-2)33-53-56(50,51)55-42-40(48)38(46)37(45)39(47)41(42)49/h7,9,13,15,17-18,20-21,34,37-42,45-49H,3-6,8,10-12,14,16,19,22-33H2,1-2H3,(H,50,51)/b9-7+,15-13+,18-17+,21-20+/t34-,37?,38+,39?,40?,41?,42?/m1/s1. The molecule has 1 saturated carbocycles. The van der Waals surface area contributed by atoms with Crippen LogP contribution in [0.5, 0.6) is 0 Å². The Labute approximate surface area is 335 Å². The van der Waals surface area contributed by atoms with E-state index in [-0.39, 0.29) is 12.8 Å². The Morgan fingerprint density at radius 1 is 0.554 bits per heavy atom. The van der Waals surface area contributed by atoms with Gasteiger partial charge in [0.2, 0.25) is 0 Å². The lowest BCUT2D eigenvalue weighted by atomic mass is 9.85. The van der Waals surface area contributed by atoms with E-state index in [2.05, 4.69) is 62.5 Å². The molecule has 56 heavy (non-hydrogen) atoms. The van der Waals surface area contributed by atoms with E-state index in [1.54, 1.807) is 0 Å². The Kier molecular flexibility index (Phi) is 30.3. The highest BCUT2D eigenvalue weighted by molar-refractivity contribution is 7.47.